The molecular formula is C50H32N4O. The molecule has 0 amide bonds. The molecule has 0 saturated heterocycles. The highest BCUT2D eigenvalue weighted by Gasteiger charge is 2.24. The van der Waals surface area contributed by atoms with Crippen LogP contribution in [-0.4, -0.2) is 19.9 Å². The van der Waals surface area contributed by atoms with Gasteiger partial charge in [-0.25, -0.2) is 19.9 Å². The van der Waals surface area contributed by atoms with Crippen LogP contribution in [0.25, 0.3) is 101 Å². The maximum atomic E-state index is 7.07. The van der Waals surface area contributed by atoms with E-state index in [4.69, 9.17) is 24.4 Å². The third-order valence-electron chi connectivity index (χ3n) is 9.94. The summed E-state index contributed by atoms with van der Waals surface area (Å²) in [6, 6.07) is 66.2. The first-order valence-electron chi connectivity index (χ1n) is 18.3. The van der Waals surface area contributed by atoms with E-state index < -0.39 is 0 Å². The number of nitrogens with zero attached hydrogens (tertiary/aromatic N) is 4. The van der Waals surface area contributed by atoms with Crippen LogP contribution in [0.3, 0.4) is 0 Å². The fourth-order valence-corrected chi connectivity index (χ4v) is 7.27. The van der Waals surface area contributed by atoms with Crippen molar-refractivity contribution in [3.05, 3.63) is 194 Å². The lowest BCUT2D eigenvalue weighted by atomic mass is 9.93. The van der Waals surface area contributed by atoms with Gasteiger partial charge in [-0.3, -0.25) is 0 Å². The Kier molecular flexibility index (Phi) is 8.08. The molecular weight excluding hydrogens is 673 g/mol. The first kappa shape index (κ1) is 32.2. The Morgan fingerprint density at radius 2 is 0.782 bits per heavy atom. The van der Waals surface area contributed by atoms with Crippen molar-refractivity contribution in [2.75, 3.05) is 0 Å². The third kappa shape index (κ3) is 6.04. The predicted octanol–water partition coefficient (Wildman–Crippen LogP) is 12.8. The van der Waals surface area contributed by atoms with E-state index in [0.29, 0.717) is 17.5 Å². The van der Waals surface area contributed by atoms with E-state index in [0.717, 1.165) is 83.4 Å². The first-order chi connectivity index (χ1) is 27.3. The van der Waals surface area contributed by atoms with Gasteiger partial charge in [-0.1, -0.05) is 182 Å². The lowest BCUT2D eigenvalue weighted by Gasteiger charge is -2.10. The number of furan rings is 1. The summed E-state index contributed by atoms with van der Waals surface area (Å²) in [6.07, 6.45) is 0. The highest BCUT2D eigenvalue weighted by molar-refractivity contribution is 6.18. The Balaban J connectivity index is 1.18. The number of hydrogen-bond donors (Lipinski definition) is 0. The molecule has 258 valence electrons. The number of benzene rings is 7. The van der Waals surface area contributed by atoms with Gasteiger partial charge < -0.3 is 4.42 Å². The molecule has 0 aliphatic rings. The minimum absolute atomic E-state index is 0.598. The second-order valence-electron chi connectivity index (χ2n) is 13.4. The molecule has 5 heteroatoms. The van der Waals surface area contributed by atoms with Crippen LogP contribution in [0, 0.1) is 0 Å². The summed E-state index contributed by atoms with van der Waals surface area (Å²) in [7, 11) is 0. The predicted molar refractivity (Wildman–Crippen MR) is 223 cm³/mol. The second-order valence-corrected chi connectivity index (χ2v) is 13.4. The fraction of sp³-hybridized carbons (Fsp3) is 0. The summed E-state index contributed by atoms with van der Waals surface area (Å²) in [5, 5.41) is 2.07. The van der Waals surface area contributed by atoms with E-state index in [1.54, 1.807) is 0 Å². The molecule has 3 aromatic heterocycles. The zero-order valence-electron chi connectivity index (χ0n) is 29.7. The first-order valence-corrected chi connectivity index (χ1v) is 18.3. The molecule has 0 N–H and O–H groups in total. The summed E-state index contributed by atoms with van der Waals surface area (Å²) in [6.45, 7) is 0. The molecule has 0 aliphatic heterocycles. The Labute approximate surface area is 318 Å². The zero-order valence-corrected chi connectivity index (χ0v) is 29.7. The summed E-state index contributed by atoms with van der Waals surface area (Å²) in [5.74, 6) is 2.62. The van der Waals surface area contributed by atoms with Crippen molar-refractivity contribution in [1.82, 2.24) is 19.9 Å². The minimum Gasteiger partial charge on any atom is -0.453 e. The van der Waals surface area contributed by atoms with E-state index in [9.17, 15) is 0 Å². The quantitative estimate of drug-likeness (QED) is 0.165. The van der Waals surface area contributed by atoms with Crippen molar-refractivity contribution in [2.24, 2.45) is 0 Å². The summed E-state index contributed by atoms with van der Waals surface area (Å²) < 4.78 is 7.07. The molecule has 0 spiro atoms. The fourth-order valence-electron chi connectivity index (χ4n) is 7.27. The Morgan fingerprint density at radius 3 is 1.38 bits per heavy atom. The van der Waals surface area contributed by atoms with Gasteiger partial charge in [-0.2, -0.15) is 0 Å². The molecule has 0 saturated carbocycles. The van der Waals surface area contributed by atoms with Gasteiger partial charge in [-0.15, -0.1) is 0 Å². The van der Waals surface area contributed by atoms with Crippen LogP contribution in [0.1, 0.15) is 0 Å². The second kappa shape index (κ2) is 13.8. The summed E-state index contributed by atoms with van der Waals surface area (Å²) in [4.78, 5) is 20.0. The number of pyridine rings is 1. The highest BCUT2D eigenvalue weighted by Crippen LogP contribution is 2.47. The summed E-state index contributed by atoms with van der Waals surface area (Å²) >= 11 is 0. The average molecular weight is 705 g/mol. The van der Waals surface area contributed by atoms with Crippen LogP contribution < -0.4 is 0 Å². The van der Waals surface area contributed by atoms with Gasteiger partial charge in [-0.05, 0) is 28.8 Å². The van der Waals surface area contributed by atoms with Gasteiger partial charge >= 0.3 is 0 Å². The molecule has 0 fully saturated rings. The molecule has 0 bridgehead atoms. The van der Waals surface area contributed by atoms with E-state index >= 15 is 0 Å². The lowest BCUT2D eigenvalue weighted by Crippen LogP contribution is -2.00. The SMILES string of the molecule is c1ccc(-c2cccc(-c3c(-c4ccc(-c5nc(-c6ccccc6)nc(-c6ccccc6)n5)cc4)oc4c(-c5ccccc5)nc5ccccc5c34)c2)cc1. The van der Waals surface area contributed by atoms with Crippen molar-refractivity contribution < 1.29 is 4.42 Å². The lowest BCUT2D eigenvalue weighted by molar-refractivity contribution is 0.632. The molecule has 0 unspecified atom stereocenters. The average Bonchev–Trinajstić information content (AvgIpc) is 3.68. The van der Waals surface area contributed by atoms with Crippen LogP contribution in [0.5, 0.6) is 0 Å². The third-order valence-corrected chi connectivity index (χ3v) is 9.94. The molecule has 10 rings (SSSR count). The highest BCUT2D eigenvalue weighted by atomic mass is 16.3. The molecule has 0 atom stereocenters. The van der Waals surface area contributed by atoms with Crippen LogP contribution in [0.4, 0.5) is 0 Å². The van der Waals surface area contributed by atoms with Crippen molar-refractivity contribution in [1.29, 1.82) is 0 Å². The van der Waals surface area contributed by atoms with Crippen molar-refractivity contribution >= 4 is 21.9 Å². The van der Waals surface area contributed by atoms with Gasteiger partial charge in [0.1, 0.15) is 11.5 Å². The van der Waals surface area contributed by atoms with Crippen LogP contribution in [-0.2, 0) is 0 Å². The Bertz CT molecular complexity index is 2890. The Morgan fingerprint density at radius 1 is 0.327 bits per heavy atom. The van der Waals surface area contributed by atoms with E-state index in [-0.39, 0.29) is 0 Å². The van der Waals surface area contributed by atoms with E-state index in [1.807, 2.05) is 91.0 Å². The molecule has 0 radical (unpaired) electrons. The monoisotopic (exact) mass is 704 g/mol. The Hall–Kier alpha value is -7.50. The number of fused-ring (bicyclic) bond motifs is 3. The molecule has 55 heavy (non-hydrogen) atoms. The van der Waals surface area contributed by atoms with Gasteiger partial charge in [0.05, 0.1) is 5.52 Å². The van der Waals surface area contributed by atoms with Crippen molar-refractivity contribution in [3.63, 3.8) is 0 Å². The van der Waals surface area contributed by atoms with Crippen molar-refractivity contribution in [2.45, 2.75) is 0 Å². The maximum Gasteiger partial charge on any atom is 0.164 e. The summed E-state index contributed by atoms with van der Waals surface area (Å²) in [5.41, 5.74) is 11.5. The standard InChI is InChI=1S/C50H32N4O/c1-5-16-33(17-6-1)39-24-15-25-40(32-39)43-44-41-26-13-14-27-42(41)51-45(34-18-7-2-8-19-34)47(44)55-46(43)35-28-30-38(31-29-35)50-53-48(36-20-9-3-10-21-36)52-49(54-50)37-22-11-4-12-23-37/h1-32H. The van der Waals surface area contributed by atoms with Gasteiger partial charge in [0, 0.05) is 44.2 Å². The molecule has 3 heterocycles. The topological polar surface area (TPSA) is 64.7 Å². The number of aromatic nitrogens is 4. The van der Waals surface area contributed by atoms with Gasteiger partial charge in [0.15, 0.2) is 23.1 Å². The number of rotatable bonds is 7. The number of hydrogen-bond acceptors (Lipinski definition) is 5. The number of para-hydroxylation sites is 1. The van der Waals surface area contributed by atoms with Crippen molar-refractivity contribution in [3.8, 4) is 79.0 Å². The normalized spacial score (nSPS) is 11.3. The zero-order chi connectivity index (χ0) is 36.6. The molecule has 5 nitrogen and oxygen atoms in total. The van der Waals surface area contributed by atoms with Crippen LogP contribution in [0.15, 0.2) is 199 Å². The molecule has 7 aromatic carbocycles. The van der Waals surface area contributed by atoms with E-state index in [2.05, 4.69) is 103 Å². The minimum atomic E-state index is 0.598. The smallest absolute Gasteiger partial charge is 0.164 e. The van der Waals surface area contributed by atoms with Gasteiger partial charge in [0.25, 0.3) is 0 Å². The van der Waals surface area contributed by atoms with E-state index in [1.165, 1.54) is 0 Å². The maximum absolute atomic E-state index is 7.07. The van der Waals surface area contributed by atoms with Gasteiger partial charge in [0.2, 0.25) is 0 Å². The molecule has 10 aromatic rings. The van der Waals surface area contributed by atoms with Crippen LogP contribution in [0.2, 0.25) is 0 Å². The van der Waals surface area contributed by atoms with Crippen LogP contribution >= 0.6 is 0 Å². The molecule has 0 aliphatic carbocycles. The largest absolute Gasteiger partial charge is 0.453 e.